The molecule has 0 saturated carbocycles. The van der Waals surface area contributed by atoms with Gasteiger partial charge in [0.1, 0.15) is 5.75 Å². The molecule has 3 aromatic rings. The van der Waals surface area contributed by atoms with E-state index in [1.165, 1.54) is 6.07 Å². The number of rotatable bonds is 5. The van der Waals surface area contributed by atoms with E-state index in [1.54, 1.807) is 35.5 Å². The third-order valence-corrected chi connectivity index (χ3v) is 4.14. The van der Waals surface area contributed by atoms with E-state index in [2.05, 4.69) is 0 Å². The van der Waals surface area contributed by atoms with Crippen LogP contribution < -0.4 is 15.8 Å². The summed E-state index contributed by atoms with van der Waals surface area (Å²) in [6, 6.07) is 14.3. The average Bonchev–Trinajstić information content (AvgIpc) is 2.67. The number of methoxy groups -OCH3 is 1. The molecular formula is C19H18N2O4. The fourth-order valence-electron chi connectivity index (χ4n) is 2.70. The van der Waals surface area contributed by atoms with Gasteiger partial charge in [-0.3, -0.25) is 14.8 Å². The van der Waals surface area contributed by atoms with E-state index in [4.69, 9.17) is 9.94 Å². The van der Waals surface area contributed by atoms with Gasteiger partial charge >= 0.3 is 0 Å². The zero-order valence-corrected chi connectivity index (χ0v) is 13.7. The molecule has 1 aromatic heterocycles. The lowest BCUT2D eigenvalue weighted by Gasteiger charge is -2.09. The van der Waals surface area contributed by atoms with Crippen molar-refractivity contribution in [2.45, 2.75) is 13.0 Å². The van der Waals surface area contributed by atoms with Crippen molar-refractivity contribution in [3.63, 3.8) is 0 Å². The van der Waals surface area contributed by atoms with E-state index < -0.39 is 5.91 Å². The predicted molar refractivity (Wildman–Crippen MR) is 94.2 cm³/mol. The molecular weight excluding hydrogens is 320 g/mol. The van der Waals surface area contributed by atoms with Gasteiger partial charge in [-0.2, -0.15) is 0 Å². The van der Waals surface area contributed by atoms with Crippen LogP contribution in [0.2, 0.25) is 0 Å². The molecule has 0 saturated heterocycles. The Kier molecular flexibility index (Phi) is 4.81. The number of aromatic nitrogens is 1. The number of amides is 1. The Hall–Kier alpha value is -3.12. The molecule has 2 aromatic carbocycles. The minimum Gasteiger partial charge on any atom is -0.497 e. The Morgan fingerprint density at radius 2 is 1.92 bits per heavy atom. The van der Waals surface area contributed by atoms with E-state index in [9.17, 15) is 9.59 Å². The van der Waals surface area contributed by atoms with Gasteiger partial charge in [-0.05, 0) is 47.7 Å². The first-order valence-corrected chi connectivity index (χ1v) is 7.83. The van der Waals surface area contributed by atoms with Crippen LogP contribution in [0.5, 0.6) is 5.75 Å². The van der Waals surface area contributed by atoms with Crippen molar-refractivity contribution in [1.82, 2.24) is 10.0 Å². The Balaban J connectivity index is 1.87. The molecule has 0 atom stereocenters. The number of pyridine rings is 1. The van der Waals surface area contributed by atoms with Crippen molar-refractivity contribution in [3.05, 3.63) is 76.2 Å². The van der Waals surface area contributed by atoms with E-state index in [1.807, 2.05) is 30.3 Å². The molecule has 0 spiro atoms. The normalized spacial score (nSPS) is 10.6. The van der Waals surface area contributed by atoms with E-state index in [0.717, 1.165) is 16.7 Å². The van der Waals surface area contributed by atoms with Gasteiger partial charge in [-0.25, -0.2) is 5.48 Å². The molecule has 0 aliphatic carbocycles. The molecule has 6 heteroatoms. The topological polar surface area (TPSA) is 80.6 Å². The summed E-state index contributed by atoms with van der Waals surface area (Å²) in [7, 11) is 1.62. The van der Waals surface area contributed by atoms with Gasteiger partial charge in [-0.15, -0.1) is 0 Å². The van der Waals surface area contributed by atoms with Gasteiger partial charge in [0.05, 0.1) is 7.11 Å². The van der Waals surface area contributed by atoms with Gasteiger partial charge in [0.15, 0.2) is 0 Å². The van der Waals surface area contributed by atoms with Crippen molar-refractivity contribution in [1.29, 1.82) is 0 Å². The second-order valence-corrected chi connectivity index (χ2v) is 5.66. The number of carbonyl (C=O) groups excluding carboxylic acids is 1. The van der Waals surface area contributed by atoms with E-state index >= 15 is 0 Å². The highest BCUT2D eigenvalue weighted by Crippen LogP contribution is 2.14. The number of benzene rings is 2. The van der Waals surface area contributed by atoms with Gasteiger partial charge in [0, 0.05) is 23.7 Å². The zero-order valence-electron chi connectivity index (χ0n) is 13.7. The van der Waals surface area contributed by atoms with Gasteiger partial charge in [0.2, 0.25) is 0 Å². The number of nitrogens with zero attached hydrogens (tertiary/aromatic N) is 1. The van der Waals surface area contributed by atoms with Crippen LogP contribution in [-0.2, 0) is 13.0 Å². The molecule has 0 aliphatic heterocycles. The fraction of sp³-hybridized carbons (Fsp3) is 0.158. The summed E-state index contributed by atoms with van der Waals surface area (Å²) in [6.45, 7) is 0.525. The predicted octanol–water partition coefficient (Wildman–Crippen LogP) is 2.37. The summed E-state index contributed by atoms with van der Waals surface area (Å²) in [5.41, 5.74) is 2.74. The van der Waals surface area contributed by atoms with Gasteiger partial charge < -0.3 is 9.30 Å². The molecule has 25 heavy (non-hydrogen) atoms. The first-order valence-electron chi connectivity index (χ1n) is 7.83. The largest absolute Gasteiger partial charge is 0.497 e. The lowest BCUT2D eigenvalue weighted by molar-refractivity contribution is 0.0706. The van der Waals surface area contributed by atoms with Crippen LogP contribution in [0.25, 0.3) is 10.8 Å². The third kappa shape index (κ3) is 3.54. The van der Waals surface area contributed by atoms with Crippen molar-refractivity contribution >= 4 is 16.7 Å². The number of hydroxylamine groups is 1. The van der Waals surface area contributed by atoms with Crippen LogP contribution in [0.15, 0.2) is 59.5 Å². The molecule has 0 fully saturated rings. The maximum Gasteiger partial charge on any atom is 0.274 e. The third-order valence-electron chi connectivity index (χ3n) is 4.14. The Bertz CT molecular complexity index is 961. The molecule has 1 heterocycles. The number of carbonyl (C=O) groups is 1. The van der Waals surface area contributed by atoms with Crippen molar-refractivity contribution in [2.24, 2.45) is 0 Å². The molecule has 0 radical (unpaired) electrons. The monoisotopic (exact) mass is 338 g/mol. The quantitative estimate of drug-likeness (QED) is 0.553. The Morgan fingerprint density at radius 3 is 2.60 bits per heavy atom. The van der Waals surface area contributed by atoms with Crippen LogP contribution in [0.3, 0.4) is 0 Å². The smallest absolute Gasteiger partial charge is 0.274 e. The summed E-state index contributed by atoms with van der Waals surface area (Å²) in [6.07, 6.45) is 2.45. The van der Waals surface area contributed by atoms with Crippen LogP contribution in [-0.4, -0.2) is 22.8 Å². The molecule has 3 rings (SSSR count). The first kappa shape index (κ1) is 16.7. The maximum atomic E-state index is 12.7. The zero-order chi connectivity index (χ0) is 17.8. The summed E-state index contributed by atoms with van der Waals surface area (Å²) in [4.78, 5) is 24.2. The first-order chi connectivity index (χ1) is 12.1. The molecule has 1 amide bonds. The molecule has 6 nitrogen and oxygen atoms in total. The standard InChI is InChI=1S/C19H18N2O4/c1-25-16-6-2-13(3-7-16)8-10-21-11-9-14-4-5-15(18(22)20-24)12-17(14)19(21)23/h2-7,9,11-12,24H,8,10H2,1H3,(H,20,22). The number of fused-ring (bicyclic) bond motifs is 1. The number of nitrogens with one attached hydrogen (secondary N) is 1. The minimum atomic E-state index is -0.644. The molecule has 0 unspecified atom stereocenters. The number of ether oxygens (including phenoxy) is 1. The van der Waals surface area contributed by atoms with Gasteiger partial charge in [0.25, 0.3) is 11.5 Å². The Labute approximate surface area is 144 Å². The minimum absolute atomic E-state index is 0.168. The van der Waals surface area contributed by atoms with Crippen LogP contribution >= 0.6 is 0 Å². The lowest BCUT2D eigenvalue weighted by Crippen LogP contribution is -2.22. The number of hydrogen-bond acceptors (Lipinski definition) is 4. The number of hydrogen-bond donors (Lipinski definition) is 2. The highest BCUT2D eigenvalue weighted by atomic mass is 16.5. The lowest BCUT2D eigenvalue weighted by atomic mass is 10.1. The van der Waals surface area contributed by atoms with E-state index in [-0.39, 0.29) is 11.1 Å². The summed E-state index contributed by atoms with van der Waals surface area (Å²) < 4.78 is 6.75. The summed E-state index contributed by atoms with van der Waals surface area (Å²) in [5.74, 6) is 0.149. The van der Waals surface area contributed by atoms with Crippen molar-refractivity contribution < 1.29 is 14.7 Å². The average molecular weight is 338 g/mol. The number of aryl methyl sites for hydroxylation is 2. The van der Waals surface area contributed by atoms with Crippen molar-refractivity contribution in [2.75, 3.05) is 7.11 Å². The molecule has 2 N–H and O–H groups in total. The van der Waals surface area contributed by atoms with Crippen LogP contribution in [0.1, 0.15) is 15.9 Å². The second-order valence-electron chi connectivity index (χ2n) is 5.66. The Morgan fingerprint density at radius 1 is 1.16 bits per heavy atom. The summed E-state index contributed by atoms with van der Waals surface area (Å²) in [5, 5.41) is 9.93. The fourth-order valence-corrected chi connectivity index (χ4v) is 2.70. The SMILES string of the molecule is COc1ccc(CCn2ccc3ccc(C(=O)NO)cc3c2=O)cc1. The van der Waals surface area contributed by atoms with Crippen LogP contribution in [0, 0.1) is 0 Å². The van der Waals surface area contributed by atoms with E-state index in [0.29, 0.717) is 18.4 Å². The maximum absolute atomic E-state index is 12.7. The second kappa shape index (κ2) is 7.19. The van der Waals surface area contributed by atoms with Crippen LogP contribution in [0.4, 0.5) is 0 Å². The highest BCUT2D eigenvalue weighted by molar-refractivity contribution is 5.97. The molecule has 0 bridgehead atoms. The molecule has 128 valence electrons. The molecule has 0 aliphatic rings. The summed E-state index contributed by atoms with van der Waals surface area (Å²) >= 11 is 0. The van der Waals surface area contributed by atoms with Crippen molar-refractivity contribution in [3.8, 4) is 5.75 Å². The highest BCUT2D eigenvalue weighted by Gasteiger charge is 2.08. The van der Waals surface area contributed by atoms with Gasteiger partial charge in [-0.1, -0.05) is 18.2 Å².